The third-order valence-electron chi connectivity index (χ3n) is 3.35. The van der Waals surface area contributed by atoms with Crippen molar-refractivity contribution >= 4 is 0 Å². The zero-order chi connectivity index (χ0) is 12.1. The van der Waals surface area contributed by atoms with Crippen LogP contribution in [0.5, 0.6) is 0 Å². The van der Waals surface area contributed by atoms with Gasteiger partial charge in [0, 0.05) is 20.2 Å². The molecule has 3 nitrogen and oxygen atoms in total. The van der Waals surface area contributed by atoms with E-state index in [0.29, 0.717) is 6.61 Å². The van der Waals surface area contributed by atoms with Crippen molar-refractivity contribution in [3.63, 3.8) is 0 Å². The SMILES string of the molecule is COCC1(C)COCCN1Cc1ccccc1. The molecule has 0 N–H and O–H groups in total. The average Bonchev–Trinajstić information content (AvgIpc) is 2.34. The van der Waals surface area contributed by atoms with E-state index in [1.807, 2.05) is 0 Å². The summed E-state index contributed by atoms with van der Waals surface area (Å²) < 4.78 is 10.9. The van der Waals surface area contributed by atoms with Gasteiger partial charge in [0.1, 0.15) is 0 Å². The van der Waals surface area contributed by atoms with Crippen molar-refractivity contribution in [1.29, 1.82) is 0 Å². The Kier molecular flexibility index (Phi) is 4.15. The Hall–Kier alpha value is -0.900. The number of rotatable bonds is 4. The van der Waals surface area contributed by atoms with E-state index in [2.05, 4.69) is 42.2 Å². The quantitative estimate of drug-likeness (QED) is 0.796. The first-order chi connectivity index (χ1) is 8.24. The second kappa shape index (κ2) is 5.63. The molecule has 1 unspecified atom stereocenters. The maximum absolute atomic E-state index is 5.58. The summed E-state index contributed by atoms with van der Waals surface area (Å²) in [6.45, 7) is 6.40. The highest BCUT2D eigenvalue weighted by Crippen LogP contribution is 2.22. The Labute approximate surface area is 103 Å². The van der Waals surface area contributed by atoms with E-state index in [0.717, 1.165) is 26.3 Å². The van der Waals surface area contributed by atoms with E-state index in [-0.39, 0.29) is 5.54 Å². The molecule has 1 heterocycles. The summed E-state index contributed by atoms with van der Waals surface area (Å²) in [6.07, 6.45) is 0. The van der Waals surface area contributed by atoms with Crippen LogP contribution in [-0.2, 0) is 16.0 Å². The summed E-state index contributed by atoms with van der Waals surface area (Å²) in [5.74, 6) is 0. The molecule has 1 saturated heterocycles. The van der Waals surface area contributed by atoms with Crippen LogP contribution in [0.4, 0.5) is 0 Å². The molecule has 0 radical (unpaired) electrons. The van der Waals surface area contributed by atoms with Crippen molar-refractivity contribution in [3.05, 3.63) is 35.9 Å². The Morgan fingerprint density at radius 2 is 2.12 bits per heavy atom. The highest BCUT2D eigenvalue weighted by molar-refractivity contribution is 5.15. The summed E-state index contributed by atoms with van der Waals surface area (Å²) in [7, 11) is 1.75. The predicted octanol–water partition coefficient (Wildman–Crippen LogP) is 1.92. The number of morpholine rings is 1. The molecule has 0 aromatic heterocycles. The van der Waals surface area contributed by atoms with Crippen LogP contribution in [0.1, 0.15) is 12.5 Å². The van der Waals surface area contributed by atoms with Crippen molar-refractivity contribution in [2.45, 2.75) is 19.0 Å². The molecule has 3 heteroatoms. The average molecular weight is 235 g/mol. The molecule has 17 heavy (non-hydrogen) atoms. The minimum atomic E-state index is -0.0111. The van der Waals surface area contributed by atoms with E-state index >= 15 is 0 Å². The molecule has 1 aromatic carbocycles. The molecular formula is C14H21NO2. The first kappa shape index (κ1) is 12.6. The zero-order valence-corrected chi connectivity index (χ0v) is 10.7. The summed E-state index contributed by atoms with van der Waals surface area (Å²) in [5, 5.41) is 0. The maximum Gasteiger partial charge on any atom is 0.0671 e. The molecular weight excluding hydrogens is 214 g/mol. The topological polar surface area (TPSA) is 21.7 Å². The lowest BCUT2D eigenvalue weighted by atomic mass is 9.99. The van der Waals surface area contributed by atoms with Gasteiger partial charge in [-0.3, -0.25) is 4.90 Å². The summed E-state index contributed by atoms with van der Waals surface area (Å²) in [6, 6.07) is 10.6. The lowest BCUT2D eigenvalue weighted by molar-refractivity contribution is -0.0931. The highest BCUT2D eigenvalue weighted by atomic mass is 16.5. The van der Waals surface area contributed by atoms with E-state index in [1.54, 1.807) is 7.11 Å². The van der Waals surface area contributed by atoms with Gasteiger partial charge in [0.15, 0.2) is 0 Å². The maximum atomic E-state index is 5.58. The largest absolute Gasteiger partial charge is 0.383 e. The van der Waals surface area contributed by atoms with Gasteiger partial charge in [-0.25, -0.2) is 0 Å². The number of hydrogen-bond donors (Lipinski definition) is 0. The van der Waals surface area contributed by atoms with Gasteiger partial charge in [-0.1, -0.05) is 30.3 Å². The molecule has 0 amide bonds. The molecule has 1 fully saturated rings. The fraction of sp³-hybridized carbons (Fsp3) is 0.571. The fourth-order valence-corrected chi connectivity index (χ4v) is 2.35. The molecule has 0 bridgehead atoms. The second-order valence-electron chi connectivity index (χ2n) is 4.89. The standard InChI is InChI=1S/C14H21NO2/c1-14(11-16-2)12-17-9-8-15(14)10-13-6-4-3-5-7-13/h3-7H,8-12H2,1-2H3. The van der Waals surface area contributed by atoms with Crippen molar-refractivity contribution in [2.24, 2.45) is 0 Å². The van der Waals surface area contributed by atoms with Gasteiger partial charge in [-0.15, -0.1) is 0 Å². The molecule has 0 aliphatic carbocycles. The van der Waals surface area contributed by atoms with Crippen LogP contribution < -0.4 is 0 Å². The van der Waals surface area contributed by atoms with Crippen LogP contribution in [0.2, 0.25) is 0 Å². The Balaban J connectivity index is 2.06. The lowest BCUT2D eigenvalue weighted by Crippen LogP contribution is -2.57. The van der Waals surface area contributed by atoms with E-state index in [1.165, 1.54) is 5.56 Å². The Bertz CT molecular complexity index is 337. The normalized spacial score (nSPS) is 26.0. The number of benzene rings is 1. The van der Waals surface area contributed by atoms with Gasteiger partial charge in [-0.2, -0.15) is 0 Å². The number of nitrogens with zero attached hydrogens (tertiary/aromatic N) is 1. The van der Waals surface area contributed by atoms with Crippen molar-refractivity contribution in [2.75, 3.05) is 33.5 Å². The minimum absolute atomic E-state index is 0.0111. The molecule has 0 spiro atoms. The smallest absolute Gasteiger partial charge is 0.0671 e. The predicted molar refractivity (Wildman–Crippen MR) is 68.0 cm³/mol. The Morgan fingerprint density at radius 1 is 1.35 bits per heavy atom. The minimum Gasteiger partial charge on any atom is -0.383 e. The molecule has 1 aliphatic heterocycles. The first-order valence-electron chi connectivity index (χ1n) is 6.10. The van der Waals surface area contributed by atoms with Crippen LogP contribution in [0.25, 0.3) is 0 Å². The fourth-order valence-electron chi connectivity index (χ4n) is 2.35. The molecule has 2 rings (SSSR count). The van der Waals surface area contributed by atoms with Gasteiger partial charge in [0.25, 0.3) is 0 Å². The Morgan fingerprint density at radius 3 is 2.82 bits per heavy atom. The number of methoxy groups -OCH3 is 1. The molecule has 1 atom stereocenters. The number of hydrogen-bond acceptors (Lipinski definition) is 3. The van der Waals surface area contributed by atoms with Crippen LogP contribution in [0.3, 0.4) is 0 Å². The molecule has 1 aliphatic rings. The second-order valence-corrected chi connectivity index (χ2v) is 4.89. The van der Waals surface area contributed by atoms with Crippen LogP contribution in [0, 0.1) is 0 Å². The van der Waals surface area contributed by atoms with E-state index in [4.69, 9.17) is 9.47 Å². The molecule has 0 saturated carbocycles. The van der Waals surface area contributed by atoms with Crippen LogP contribution in [-0.4, -0.2) is 43.9 Å². The van der Waals surface area contributed by atoms with Crippen molar-refractivity contribution in [1.82, 2.24) is 4.90 Å². The third-order valence-corrected chi connectivity index (χ3v) is 3.35. The summed E-state index contributed by atoms with van der Waals surface area (Å²) in [5.41, 5.74) is 1.33. The monoisotopic (exact) mass is 235 g/mol. The highest BCUT2D eigenvalue weighted by Gasteiger charge is 2.35. The summed E-state index contributed by atoms with van der Waals surface area (Å²) in [4.78, 5) is 2.45. The van der Waals surface area contributed by atoms with Gasteiger partial charge in [0.05, 0.1) is 25.4 Å². The van der Waals surface area contributed by atoms with E-state index in [9.17, 15) is 0 Å². The molecule has 94 valence electrons. The molecule has 1 aromatic rings. The lowest BCUT2D eigenvalue weighted by Gasteiger charge is -2.44. The summed E-state index contributed by atoms with van der Waals surface area (Å²) >= 11 is 0. The van der Waals surface area contributed by atoms with Crippen LogP contribution in [0.15, 0.2) is 30.3 Å². The third kappa shape index (κ3) is 3.06. The van der Waals surface area contributed by atoms with E-state index < -0.39 is 0 Å². The van der Waals surface area contributed by atoms with Gasteiger partial charge >= 0.3 is 0 Å². The van der Waals surface area contributed by atoms with Gasteiger partial charge in [-0.05, 0) is 12.5 Å². The van der Waals surface area contributed by atoms with Gasteiger partial charge < -0.3 is 9.47 Å². The van der Waals surface area contributed by atoms with Crippen molar-refractivity contribution < 1.29 is 9.47 Å². The number of ether oxygens (including phenoxy) is 2. The van der Waals surface area contributed by atoms with Crippen molar-refractivity contribution in [3.8, 4) is 0 Å². The first-order valence-corrected chi connectivity index (χ1v) is 6.10. The van der Waals surface area contributed by atoms with Crippen LogP contribution >= 0.6 is 0 Å². The van der Waals surface area contributed by atoms with Gasteiger partial charge in [0.2, 0.25) is 0 Å². The zero-order valence-electron chi connectivity index (χ0n) is 10.7.